The summed E-state index contributed by atoms with van der Waals surface area (Å²) < 4.78 is 5.21. The highest BCUT2D eigenvalue weighted by Crippen LogP contribution is 2.24. The molecule has 0 fully saturated rings. The Hall–Kier alpha value is -2.91. The van der Waals surface area contributed by atoms with E-state index in [0.29, 0.717) is 5.75 Å². The van der Waals surface area contributed by atoms with Gasteiger partial charge in [-0.2, -0.15) is 0 Å². The maximum Gasteiger partial charge on any atom is 0.340 e. The van der Waals surface area contributed by atoms with Crippen LogP contribution in [0.3, 0.4) is 0 Å². The SMILES string of the molecule is O=C(Oc1ccccc1)C(O)Cc1ccccc1-c1ccccc1. The Morgan fingerprint density at radius 1 is 0.833 bits per heavy atom. The van der Waals surface area contributed by atoms with Crippen molar-refractivity contribution in [2.45, 2.75) is 12.5 Å². The summed E-state index contributed by atoms with van der Waals surface area (Å²) in [6.45, 7) is 0. The van der Waals surface area contributed by atoms with Crippen molar-refractivity contribution in [1.29, 1.82) is 0 Å². The average molecular weight is 318 g/mol. The number of esters is 1. The third-order valence-corrected chi connectivity index (χ3v) is 3.75. The van der Waals surface area contributed by atoms with Crippen LogP contribution >= 0.6 is 0 Å². The van der Waals surface area contributed by atoms with E-state index in [1.165, 1.54) is 0 Å². The van der Waals surface area contributed by atoms with Crippen LogP contribution < -0.4 is 4.74 Å². The lowest BCUT2D eigenvalue weighted by Gasteiger charge is -2.14. The minimum Gasteiger partial charge on any atom is -0.425 e. The van der Waals surface area contributed by atoms with E-state index in [0.717, 1.165) is 16.7 Å². The molecule has 3 aromatic rings. The molecule has 0 bridgehead atoms. The molecule has 0 aliphatic carbocycles. The number of carbonyl (C=O) groups excluding carboxylic acids is 1. The molecule has 0 amide bonds. The molecule has 24 heavy (non-hydrogen) atoms. The van der Waals surface area contributed by atoms with Crippen LogP contribution in [0, 0.1) is 0 Å². The first-order valence-electron chi connectivity index (χ1n) is 7.82. The normalized spacial score (nSPS) is 11.7. The van der Waals surface area contributed by atoms with Crippen LogP contribution in [-0.4, -0.2) is 17.2 Å². The number of carbonyl (C=O) groups is 1. The van der Waals surface area contributed by atoms with Crippen molar-refractivity contribution >= 4 is 5.97 Å². The van der Waals surface area contributed by atoms with Crippen LogP contribution in [0.5, 0.6) is 5.75 Å². The quantitative estimate of drug-likeness (QED) is 0.574. The van der Waals surface area contributed by atoms with Gasteiger partial charge in [-0.25, -0.2) is 4.79 Å². The first-order valence-corrected chi connectivity index (χ1v) is 7.82. The second kappa shape index (κ2) is 7.57. The molecule has 0 saturated carbocycles. The number of aliphatic hydroxyl groups excluding tert-OH is 1. The van der Waals surface area contributed by atoms with Gasteiger partial charge in [0, 0.05) is 6.42 Å². The fraction of sp³-hybridized carbons (Fsp3) is 0.0952. The standard InChI is InChI=1S/C21H18O3/c22-20(21(23)24-18-12-5-2-6-13-18)15-17-11-7-8-14-19(17)16-9-3-1-4-10-16/h1-14,20,22H,15H2. The summed E-state index contributed by atoms with van der Waals surface area (Å²) in [6.07, 6.45) is -1.01. The highest BCUT2D eigenvalue weighted by atomic mass is 16.5. The molecule has 0 saturated heterocycles. The third kappa shape index (κ3) is 3.89. The molecule has 0 radical (unpaired) electrons. The van der Waals surface area contributed by atoms with Crippen molar-refractivity contribution in [2.75, 3.05) is 0 Å². The Balaban J connectivity index is 1.75. The summed E-state index contributed by atoms with van der Waals surface area (Å²) in [6, 6.07) is 26.4. The monoisotopic (exact) mass is 318 g/mol. The van der Waals surface area contributed by atoms with E-state index in [2.05, 4.69) is 0 Å². The smallest absolute Gasteiger partial charge is 0.340 e. The maximum absolute atomic E-state index is 12.1. The highest BCUT2D eigenvalue weighted by molar-refractivity contribution is 5.78. The van der Waals surface area contributed by atoms with Crippen LogP contribution in [0.2, 0.25) is 0 Å². The molecule has 0 aromatic heterocycles. The fourth-order valence-electron chi connectivity index (χ4n) is 2.56. The van der Waals surface area contributed by atoms with Gasteiger partial charge in [-0.05, 0) is 28.8 Å². The molecule has 1 atom stereocenters. The molecule has 0 spiro atoms. The van der Waals surface area contributed by atoms with Crippen LogP contribution in [0.4, 0.5) is 0 Å². The number of para-hydroxylation sites is 1. The van der Waals surface area contributed by atoms with Gasteiger partial charge in [0.25, 0.3) is 0 Å². The van der Waals surface area contributed by atoms with E-state index in [-0.39, 0.29) is 6.42 Å². The van der Waals surface area contributed by atoms with E-state index in [9.17, 15) is 9.90 Å². The number of hydrogen-bond donors (Lipinski definition) is 1. The first kappa shape index (κ1) is 16.0. The van der Waals surface area contributed by atoms with Crippen molar-refractivity contribution in [3.05, 3.63) is 90.5 Å². The van der Waals surface area contributed by atoms with Crippen molar-refractivity contribution in [3.63, 3.8) is 0 Å². The number of aliphatic hydroxyl groups is 1. The zero-order valence-electron chi connectivity index (χ0n) is 13.1. The fourth-order valence-corrected chi connectivity index (χ4v) is 2.56. The van der Waals surface area contributed by atoms with Gasteiger partial charge in [0.05, 0.1) is 0 Å². The van der Waals surface area contributed by atoms with Crippen LogP contribution in [0.1, 0.15) is 5.56 Å². The van der Waals surface area contributed by atoms with Crippen molar-refractivity contribution < 1.29 is 14.6 Å². The summed E-state index contributed by atoms with van der Waals surface area (Å²) in [5.74, 6) is -0.220. The minimum atomic E-state index is -1.21. The molecule has 120 valence electrons. The largest absolute Gasteiger partial charge is 0.425 e. The highest BCUT2D eigenvalue weighted by Gasteiger charge is 2.19. The molecule has 1 unspecified atom stereocenters. The predicted octanol–water partition coefficient (Wildman–Crippen LogP) is 3.86. The summed E-state index contributed by atoms with van der Waals surface area (Å²) >= 11 is 0. The summed E-state index contributed by atoms with van der Waals surface area (Å²) in [5, 5.41) is 10.2. The van der Waals surface area contributed by atoms with Gasteiger partial charge in [-0.1, -0.05) is 72.8 Å². The van der Waals surface area contributed by atoms with Gasteiger partial charge in [0.1, 0.15) is 5.75 Å². The number of hydrogen-bond acceptors (Lipinski definition) is 3. The molecule has 3 nitrogen and oxygen atoms in total. The molecule has 3 rings (SSSR count). The van der Waals surface area contributed by atoms with E-state index in [4.69, 9.17) is 4.74 Å². The first-order chi connectivity index (χ1) is 11.7. The Labute approximate surface area is 141 Å². The lowest BCUT2D eigenvalue weighted by molar-refractivity contribution is -0.143. The Morgan fingerprint density at radius 2 is 1.42 bits per heavy atom. The van der Waals surface area contributed by atoms with Crippen molar-refractivity contribution in [2.24, 2.45) is 0 Å². The Bertz CT molecular complexity index is 798. The lowest BCUT2D eigenvalue weighted by atomic mass is 9.96. The van der Waals surface area contributed by atoms with Gasteiger partial charge in [0.15, 0.2) is 6.10 Å². The van der Waals surface area contributed by atoms with Crippen LogP contribution in [0.15, 0.2) is 84.9 Å². The van der Waals surface area contributed by atoms with Crippen molar-refractivity contribution in [3.8, 4) is 16.9 Å². The van der Waals surface area contributed by atoms with Gasteiger partial charge in [-0.15, -0.1) is 0 Å². The second-order valence-corrected chi connectivity index (χ2v) is 5.48. The molecule has 1 N–H and O–H groups in total. The summed E-state index contributed by atoms with van der Waals surface area (Å²) in [5.41, 5.74) is 2.96. The summed E-state index contributed by atoms with van der Waals surface area (Å²) in [4.78, 5) is 12.1. The van der Waals surface area contributed by atoms with Crippen LogP contribution in [0.25, 0.3) is 11.1 Å². The summed E-state index contributed by atoms with van der Waals surface area (Å²) in [7, 11) is 0. The predicted molar refractivity (Wildman–Crippen MR) is 93.7 cm³/mol. The second-order valence-electron chi connectivity index (χ2n) is 5.48. The van der Waals surface area contributed by atoms with E-state index in [1.807, 2.05) is 60.7 Å². The molecule has 3 aromatic carbocycles. The number of rotatable bonds is 5. The number of ether oxygens (including phenoxy) is 1. The minimum absolute atomic E-state index is 0.205. The van der Waals surface area contributed by atoms with Gasteiger partial charge < -0.3 is 9.84 Å². The van der Waals surface area contributed by atoms with E-state index >= 15 is 0 Å². The molecule has 0 aliphatic rings. The molecule has 0 heterocycles. The van der Waals surface area contributed by atoms with E-state index in [1.54, 1.807) is 24.3 Å². The topological polar surface area (TPSA) is 46.5 Å². The average Bonchev–Trinajstić information content (AvgIpc) is 2.63. The maximum atomic E-state index is 12.1. The lowest BCUT2D eigenvalue weighted by Crippen LogP contribution is -2.27. The zero-order valence-corrected chi connectivity index (χ0v) is 13.1. The van der Waals surface area contributed by atoms with Crippen LogP contribution in [-0.2, 0) is 11.2 Å². The number of benzene rings is 3. The zero-order chi connectivity index (χ0) is 16.8. The Morgan fingerprint density at radius 3 is 2.12 bits per heavy atom. The van der Waals surface area contributed by atoms with Gasteiger partial charge >= 0.3 is 5.97 Å². The Kier molecular flexibility index (Phi) is 5.04. The van der Waals surface area contributed by atoms with Gasteiger partial charge in [-0.3, -0.25) is 0 Å². The molecule has 0 aliphatic heterocycles. The van der Waals surface area contributed by atoms with E-state index < -0.39 is 12.1 Å². The molecular weight excluding hydrogens is 300 g/mol. The molecule has 3 heteroatoms. The van der Waals surface area contributed by atoms with Crippen molar-refractivity contribution in [1.82, 2.24) is 0 Å². The van der Waals surface area contributed by atoms with Gasteiger partial charge in [0.2, 0.25) is 0 Å². The molecular formula is C21H18O3. The third-order valence-electron chi connectivity index (χ3n) is 3.75.